The van der Waals surface area contributed by atoms with Crippen molar-refractivity contribution in [1.82, 2.24) is 5.32 Å². The molecule has 0 radical (unpaired) electrons. The van der Waals surface area contributed by atoms with Crippen LogP contribution in [0.5, 0.6) is 0 Å². The number of nitriles is 1. The second kappa shape index (κ2) is 6.16. The number of hydrogen-bond acceptors (Lipinski definition) is 4. The van der Waals surface area contributed by atoms with Crippen molar-refractivity contribution < 1.29 is 27.9 Å². The molecule has 1 aliphatic heterocycles. The highest BCUT2D eigenvalue weighted by atomic mass is 19.4. The van der Waals surface area contributed by atoms with Crippen LogP contribution in [0.15, 0.2) is 35.5 Å². The van der Waals surface area contributed by atoms with Crippen molar-refractivity contribution in [1.29, 1.82) is 5.26 Å². The molecule has 8 heteroatoms. The van der Waals surface area contributed by atoms with Crippen molar-refractivity contribution in [3.05, 3.63) is 46.7 Å². The molecule has 26 heavy (non-hydrogen) atoms. The molecule has 0 spiro atoms. The van der Waals surface area contributed by atoms with Gasteiger partial charge in [0.2, 0.25) is 5.54 Å². The van der Waals surface area contributed by atoms with E-state index in [0.717, 1.165) is 0 Å². The first-order valence-electron chi connectivity index (χ1n) is 8.04. The van der Waals surface area contributed by atoms with E-state index in [1.807, 2.05) is 6.07 Å². The number of ketones is 1. The van der Waals surface area contributed by atoms with Crippen LogP contribution in [0.2, 0.25) is 0 Å². The first-order valence-corrected chi connectivity index (χ1v) is 8.04. The Hall–Kier alpha value is -2.82. The maximum absolute atomic E-state index is 13.7. The number of rotatable bonds is 2. The second-order valence-corrected chi connectivity index (χ2v) is 6.50. The van der Waals surface area contributed by atoms with Crippen LogP contribution in [-0.4, -0.2) is 28.6 Å². The largest absolute Gasteiger partial charge is 0.479 e. The summed E-state index contributed by atoms with van der Waals surface area (Å²) < 4.78 is 41.2. The summed E-state index contributed by atoms with van der Waals surface area (Å²) in [5, 5.41) is 20.6. The normalized spacial score (nSPS) is 25.9. The minimum atomic E-state index is -5.05. The minimum absolute atomic E-state index is 0.0413. The molecule has 0 amide bonds. The van der Waals surface area contributed by atoms with Gasteiger partial charge < -0.3 is 10.4 Å². The Bertz CT molecular complexity index is 854. The van der Waals surface area contributed by atoms with Gasteiger partial charge in [-0.1, -0.05) is 12.1 Å². The third-order valence-electron chi connectivity index (χ3n) is 4.95. The summed E-state index contributed by atoms with van der Waals surface area (Å²) in [4.78, 5) is 24.0. The van der Waals surface area contributed by atoms with Crippen molar-refractivity contribution in [2.75, 3.05) is 0 Å². The summed E-state index contributed by atoms with van der Waals surface area (Å²) in [7, 11) is 0. The zero-order chi connectivity index (χ0) is 19.1. The third kappa shape index (κ3) is 2.73. The number of allylic oxidation sites excluding steroid dienone is 2. The topological polar surface area (TPSA) is 90.2 Å². The first-order chi connectivity index (χ1) is 12.2. The van der Waals surface area contributed by atoms with Crippen LogP contribution < -0.4 is 5.32 Å². The molecule has 0 aromatic heterocycles. The Morgan fingerprint density at radius 1 is 1.35 bits per heavy atom. The smallest absolute Gasteiger partial charge is 0.422 e. The number of nitrogens with zero attached hydrogens (tertiary/aromatic N) is 1. The van der Waals surface area contributed by atoms with Crippen molar-refractivity contribution in [2.45, 2.75) is 43.3 Å². The van der Waals surface area contributed by atoms with Gasteiger partial charge in [-0.2, -0.15) is 18.4 Å². The van der Waals surface area contributed by atoms with Crippen LogP contribution >= 0.6 is 0 Å². The highest BCUT2D eigenvalue weighted by Gasteiger charge is 2.64. The maximum Gasteiger partial charge on any atom is 0.422 e. The third-order valence-corrected chi connectivity index (χ3v) is 4.95. The van der Waals surface area contributed by atoms with Crippen molar-refractivity contribution >= 4 is 11.8 Å². The van der Waals surface area contributed by atoms with E-state index < -0.39 is 30.0 Å². The number of halogens is 3. The summed E-state index contributed by atoms with van der Waals surface area (Å²) in [5.41, 5.74) is -2.36. The predicted octanol–water partition coefficient (Wildman–Crippen LogP) is 3.03. The van der Waals surface area contributed by atoms with Gasteiger partial charge in [0.1, 0.15) is 0 Å². The van der Waals surface area contributed by atoms with Crippen molar-refractivity contribution in [3.8, 4) is 6.07 Å². The first kappa shape index (κ1) is 18.0. The van der Waals surface area contributed by atoms with Gasteiger partial charge in [-0.25, -0.2) is 4.79 Å². The highest BCUT2D eigenvalue weighted by molar-refractivity contribution is 5.99. The van der Waals surface area contributed by atoms with Crippen LogP contribution in [-0.2, 0) is 9.59 Å². The van der Waals surface area contributed by atoms with Gasteiger partial charge in [-0.15, -0.1) is 0 Å². The molecule has 2 unspecified atom stereocenters. The summed E-state index contributed by atoms with van der Waals surface area (Å²) in [5.74, 6) is -3.35. The van der Waals surface area contributed by atoms with E-state index in [2.05, 4.69) is 5.32 Å². The van der Waals surface area contributed by atoms with Gasteiger partial charge in [-0.05, 0) is 30.5 Å². The Kier molecular flexibility index (Phi) is 4.26. The lowest BCUT2D eigenvalue weighted by Crippen LogP contribution is -2.65. The molecule has 0 saturated carbocycles. The van der Waals surface area contributed by atoms with Gasteiger partial charge in [0.05, 0.1) is 11.6 Å². The number of carbonyl (C=O) groups is 2. The van der Waals surface area contributed by atoms with Gasteiger partial charge in [0.25, 0.3) is 0 Å². The molecule has 1 aromatic carbocycles. The van der Waals surface area contributed by atoms with Crippen LogP contribution in [0, 0.1) is 11.3 Å². The number of carbonyl (C=O) groups excluding carboxylic acids is 1. The monoisotopic (exact) mass is 364 g/mol. The maximum atomic E-state index is 13.7. The fraction of sp³-hybridized carbons (Fsp3) is 0.389. The minimum Gasteiger partial charge on any atom is -0.479 e. The quantitative estimate of drug-likeness (QED) is 0.842. The summed E-state index contributed by atoms with van der Waals surface area (Å²) >= 11 is 0. The number of nitrogens with one attached hydrogen (secondary N) is 1. The Morgan fingerprint density at radius 3 is 2.69 bits per heavy atom. The van der Waals surface area contributed by atoms with Crippen LogP contribution in [0.25, 0.3) is 0 Å². The highest BCUT2D eigenvalue weighted by Crippen LogP contribution is 2.48. The van der Waals surface area contributed by atoms with Gasteiger partial charge >= 0.3 is 12.1 Å². The molecule has 2 atom stereocenters. The molecular weight excluding hydrogens is 349 g/mol. The molecule has 5 nitrogen and oxygen atoms in total. The molecule has 2 aliphatic rings. The molecule has 1 aromatic rings. The Balaban J connectivity index is 2.21. The van der Waals surface area contributed by atoms with Gasteiger partial charge in [0, 0.05) is 30.0 Å². The second-order valence-electron chi connectivity index (χ2n) is 6.50. The number of hydrogen-bond donors (Lipinski definition) is 2. The molecular formula is C18H15F3N2O3. The van der Waals surface area contributed by atoms with Crippen LogP contribution in [0.1, 0.15) is 42.7 Å². The number of alkyl halides is 3. The zero-order valence-corrected chi connectivity index (χ0v) is 13.6. The van der Waals surface area contributed by atoms with Crippen molar-refractivity contribution in [2.24, 2.45) is 0 Å². The fourth-order valence-corrected chi connectivity index (χ4v) is 3.67. The average Bonchev–Trinajstić information content (AvgIpc) is 2.59. The number of carboxylic acid groups (broad SMARTS) is 1. The van der Waals surface area contributed by atoms with Gasteiger partial charge in [-0.3, -0.25) is 4.79 Å². The fourth-order valence-electron chi connectivity index (χ4n) is 3.67. The Labute approximate surface area is 147 Å². The van der Waals surface area contributed by atoms with Gasteiger partial charge in [0.15, 0.2) is 5.78 Å². The predicted molar refractivity (Wildman–Crippen MR) is 84.0 cm³/mol. The lowest BCUT2D eigenvalue weighted by molar-refractivity contribution is -0.212. The lowest BCUT2D eigenvalue weighted by Gasteiger charge is -2.43. The lowest BCUT2D eigenvalue weighted by atomic mass is 9.71. The number of aliphatic carboxylic acids is 1. The number of carboxylic acids is 1. The molecule has 0 bridgehead atoms. The van der Waals surface area contributed by atoms with E-state index in [-0.39, 0.29) is 35.5 Å². The summed E-state index contributed by atoms with van der Waals surface area (Å²) in [6, 6.07) is 7.85. The van der Waals surface area contributed by atoms with Crippen LogP contribution in [0.3, 0.4) is 0 Å². The summed E-state index contributed by atoms with van der Waals surface area (Å²) in [6.45, 7) is 0. The molecule has 3 rings (SSSR count). The molecule has 136 valence electrons. The van der Waals surface area contributed by atoms with Crippen molar-refractivity contribution in [3.63, 3.8) is 0 Å². The standard InChI is InChI=1S/C18H15F3N2O3/c19-18(20,21)17(16(25)26)8-12(11-4-1-3-10(7-11)9-22)15-13(23-17)5-2-6-14(15)24/h1,3-4,7,12,23H,2,5-6,8H2,(H,25,26). The SMILES string of the molecule is N#Cc1cccc(C2CC(C(=O)O)(C(F)(F)F)NC3=C2C(=O)CCC3)c1. The van der Waals surface area contributed by atoms with E-state index in [9.17, 15) is 27.9 Å². The molecule has 1 heterocycles. The van der Waals surface area contributed by atoms with E-state index in [0.29, 0.717) is 12.0 Å². The molecule has 0 fully saturated rings. The molecule has 0 saturated heterocycles. The Morgan fingerprint density at radius 2 is 2.08 bits per heavy atom. The molecule has 1 aliphatic carbocycles. The van der Waals surface area contributed by atoms with E-state index in [4.69, 9.17) is 5.26 Å². The van der Waals surface area contributed by atoms with Crippen LogP contribution in [0.4, 0.5) is 13.2 Å². The van der Waals surface area contributed by atoms with E-state index in [1.165, 1.54) is 24.3 Å². The average molecular weight is 364 g/mol. The van der Waals surface area contributed by atoms with E-state index >= 15 is 0 Å². The summed E-state index contributed by atoms with van der Waals surface area (Å²) in [6.07, 6.45) is -5.14. The zero-order valence-electron chi connectivity index (χ0n) is 13.6. The van der Waals surface area contributed by atoms with E-state index in [1.54, 1.807) is 0 Å². The molecule has 2 N–H and O–H groups in total. The number of Topliss-reactive ketones (excluding diaryl/α,β-unsaturated/α-hetero) is 1. The number of benzene rings is 1.